The highest BCUT2D eigenvalue weighted by Gasteiger charge is 2.17. The van der Waals surface area contributed by atoms with Crippen LogP contribution in [0.25, 0.3) is 0 Å². The topological polar surface area (TPSA) is 89.6 Å². The number of phenolic OH excluding ortho intramolecular Hbond substituents is 1. The van der Waals surface area contributed by atoms with E-state index in [1.54, 1.807) is 0 Å². The third-order valence-corrected chi connectivity index (χ3v) is 2.60. The van der Waals surface area contributed by atoms with Crippen LogP contribution in [-0.4, -0.2) is 19.1 Å². The maximum Gasteiger partial charge on any atom is 0.241 e. The molecule has 16 heavy (non-hydrogen) atoms. The first-order valence-corrected chi connectivity index (χ1v) is 6.19. The molecule has 0 spiro atoms. The summed E-state index contributed by atoms with van der Waals surface area (Å²) in [6, 6.07) is 3.92. The number of primary sulfonamides is 1. The van der Waals surface area contributed by atoms with Crippen molar-refractivity contribution in [2.75, 3.05) is 0 Å². The molecule has 0 radical (unpaired) electrons. The highest BCUT2D eigenvalue weighted by Crippen LogP contribution is 2.28. The fourth-order valence-corrected chi connectivity index (χ4v) is 1.78. The molecule has 0 aliphatic carbocycles. The molecule has 5 nitrogen and oxygen atoms in total. The first-order chi connectivity index (χ1) is 7.09. The van der Waals surface area contributed by atoms with Crippen LogP contribution in [0.3, 0.4) is 0 Å². The molecular formula is C10H15NO4S. The Labute approximate surface area is 94.9 Å². The predicted molar refractivity (Wildman–Crippen MR) is 59.9 cm³/mol. The van der Waals surface area contributed by atoms with Gasteiger partial charge in [0.25, 0.3) is 0 Å². The molecule has 0 fully saturated rings. The van der Waals surface area contributed by atoms with Gasteiger partial charge in [0, 0.05) is 6.07 Å². The zero-order valence-corrected chi connectivity index (χ0v) is 10.2. The van der Waals surface area contributed by atoms with Gasteiger partial charge in [0.1, 0.15) is 22.0 Å². The van der Waals surface area contributed by atoms with Crippen LogP contribution in [0.1, 0.15) is 20.8 Å². The Balaban J connectivity index is 3.19. The van der Waals surface area contributed by atoms with Crippen LogP contribution in [0.2, 0.25) is 0 Å². The largest absolute Gasteiger partial charge is 0.507 e. The highest BCUT2D eigenvalue weighted by atomic mass is 32.2. The van der Waals surface area contributed by atoms with Crippen LogP contribution in [0.15, 0.2) is 23.1 Å². The van der Waals surface area contributed by atoms with E-state index in [1.807, 2.05) is 20.8 Å². The standard InChI is InChI=1S/C10H15NO4S/c1-10(2,3)15-7-4-5-8(12)9(6-7)16(11,13)14/h4-6,12H,1-3H3,(H2,11,13,14). The van der Waals surface area contributed by atoms with E-state index in [2.05, 4.69) is 0 Å². The second-order valence-corrected chi connectivity index (χ2v) is 5.92. The van der Waals surface area contributed by atoms with Crippen molar-refractivity contribution in [1.29, 1.82) is 0 Å². The summed E-state index contributed by atoms with van der Waals surface area (Å²) in [7, 11) is -3.94. The van der Waals surface area contributed by atoms with Crippen molar-refractivity contribution in [2.24, 2.45) is 5.14 Å². The Hall–Kier alpha value is -1.27. The maximum atomic E-state index is 11.1. The fraction of sp³-hybridized carbons (Fsp3) is 0.400. The molecule has 0 aliphatic rings. The van der Waals surface area contributed by atoms with E-state index >= 15 is 0 Å². The minimum atomic E-state index is -3.94. The summed E-state index contributed by atoms with van der Waals surface area (Å²) < 4.78 is 27.7. The lowest BCUT2D eigenvalue weighted by Crippen LogP contribution is -2.23. The zero-order chi connectivity index (χ0) is 12.6. The molecule has 1 aromatic rings. The minimum absolute atomic E-state index is 0.339. The normalized spacial score (nSPS) is 12.5. The van der Waals surface area contributed by atoms with Gasteiger partial charge in [-0.2, -0.15) is 0 Å². The van der Waals surface area contributed by atoms with E-state index in [-0.39, 0.29) is 10.6 Å². The van der Waals surface area contributed by atoms with Gasteiger partial charge in [-0.25, -0.2) is 13.6 Å². The summed E-state index contributed by atoms with van der Waals surface area (Å²) in [4.78, 5) is -0.339. The quantitative estimate of drug-likeness (QED) is 0.819. The molecule has 1 aromatic carbocycles. The van der Waals surface area contributed by atoms with Crippen LogP contribution in [0.4, 0.5) is 0 Å². The number of aromatic hydroxyl groups is 1. The van der Waals surface area contributed by atoms with Crippen LogP contribution >= 0.6 is 0 Å². The zero-order valence-electron chi connectivity index (χ0n) is 9.39. The molecule has 6 heteroatoms. The van der Waals surface area contributed by atoms with Gasteiger partial charge in [0.2, 0.25) is 10.0 Å². The van der Waals surface area contributed by atoms with Gasteiger partial charge in [-0.1, -0.05) is 0 Å². The summed E-state index contributed by atoms with van der Waals surface area (Å²) in [6.45, 7) is 5.49. The van der Waals surface area contributed by atoms with E-state index in [0.717, 1.165) is 0 Å². The number of benzene rings is 1. The maximum absolute atomic E-state index is 11.1. The van der Waals surface area contributed by atoms with E-state index in [4.69, 9.17) is 9.88 Å². The van der Waals surface area contributed by atoms with Crippen molar-refractivity contribution in [2.45, 2.75) is 31.3 Å². The van der Waals surface area contributed by atoms with E-state index in [9.17, 15) is 13.5 Å². The number of sulfonamides is 1. The molecule has 90 valence electrons. The average molecular weight is 245 g/mol. The van der Waals surface area contributed by atoms with Crippen molar-refractivity contribution in [1.82, 2.24) is 0 Å². The molecule has 0 amide bonds. The summed E-state index contributed by atoms with van der Waals surface area (Å²) in [5.41, 5.74) is -0.452. The Bertz CT molecular complexity index is 488. The smallest absolute Gasteiger partial charge is 0.241 e. The Kier molecular flexibility index (Phi) is 3.16. The number of hydrogen-bond acceptors (Lipinski definition) is 4. The summed E-state index contributed by atoms with van der Waals surface area (Å²) in [5.74, 6) is -0.0434. The summed E-state index contributed by atoms with van der Waals surface area (Å²) >= 11 is 0. The lowest BCUT2D eigenvalue weighted by atomic mass is 10.2. The molecular weight excluding hydrogens is 230 g/mol. The molecule has 1 rings (SSSR count). The van der Waals surface area contributed by atoms with Gasteiger partial charge in [0.05, 0.1) is 0 Å². The third kappa shape index (κ3) is 3.39. The fourth-order valence-electron chi connectivity index (χ4n) is 1.14. The average Bonchev–Trinajstić information content (AvgIpc) is 2.04. The summed E-state index contributed by atoms with van der Waals surface area (Å²) in [5, 5.41) is 14.3. The number of ether oxygens (including phenoxy) is 1. The second-order valence-electron chi connectivity index (χ2n) is 4.39. The third-order valence-electron chi connectivity index (χ3n) is 1.66. The molecule has 0 aliphatic heterocycles. The number of phenols is 1. The summed E-state index contributed by atoms with van der Waals surface area (Å²) in [6.07, 6.45) is 0. The van der Waals surface area contributed by atoms with Crippen molar-refractivity contribution in [3.63, 3.8) is 0 Å². The van der Waals surface area contributed by atoms with Crippen molar-refractivity contribution in [3.8, 4) is 11.5 Å². The van der Waals surface area contributed by atoms with Gasteiger partial charge >= 0.3 is 0 Å². The van der Waals surface area contributed by atoms with Gasteiger partial charge in [-0.3, -0.25) is 0 Å². The van der Waals surface area contributed by atoms with Gasteiger partial charge in [-0.15, -0.1) is 0 Å². The molecule has 0 saturated heterocycles. The second kappa shape index (κ2) is 3.95. The van der Waals surface area contributed by atoms with Crippen molar-refractivity contribution < 1.29 is 18.3 Å². The first kappa shape index (κ1) is 12.8. The first-order valence-electron chi connectivity index (χ1n) is 4.64. The van der Waals surface area contributed by atoms with Crippen LogP contribution < -0.4 is 9.88 Å². The number of hydrogen-bond donors (Lipinski definition) is 2. The lowest BCUT2D eigenvalue weighted by molar-refractivity contribution is 0.130. The molecule has 0 heterocycles. The van der Waals surface area contributed by atoms with Crippen molar-refractivity contribution >= 4 is 10.0 Å². The van der Waals surface area contributed by atoms with E-state index < -0.39 is 15.6 Å². The van der Waals surface area contributed by atoms with E-state index in [0.29, 0.717) is 5.75 Å². The van der Waals surface area contributed by atoms with Gasteiger partial charge in [-0.05, 0) is 32.9 Å². The molecule has 0 bridgehead atoms. The van der Waals surface area contributed by atoms with Crippen LogP contribution in [0, 0.1) is 0 Å². The monoisotopic (exact) mass is 245 g/mol. The van der Waals surface area contributed by atoms with Crippen LogP contribution in [0.5, 0.6) is 11.5 Å². The molecule has 3 N–H and O–H groups in total. The Morgan fingerprint density at radius 2 is 1.88 bits per heavy atom. The number of nitrogens with two attached hydrogens (primary N) is 1. The predicted octanol–water partition coefficient (Wildman–Crippen LogP) is 1.22. The van der Waals surface area contributed by atoms with Crippen molar-refractivity contribution in [3.05, 3.63) is 18.2 Å². The molecule has 0 atom stereocenters. The molecule has 0 aromatic heterocycles. The highest BCUT2D eigenvalue weighted by molar-refractivity contribution is 7.89. The van der Waals surface area contributed by atoms with Gasteiger partial charge in [0.15, 0.2) is 0 Å². The molecule has 0 unspecified atom stereocenters. The SMILES string of the molecule is CC(C)(C)Oc1ccc(O)c(S(N)(=O)=O)c1. The van der Waals surface area contributed by atoms with Crippen LogP contribution in [-0.2, 0) is 10.0 Å². The lowest BCUT2D eigenvalue weighted by Gasteiger charge is -2.21. The van der Waals surface area contributed by atoms with E-state index in [1.165, 1.54) is 18.2 Å². The Morgan fingerprint density at radius 3 is 2.31 bits per heavy atom. The van der Waals surface area contributed by atoms with Gasteiger partial charge < -0.3 is 9.84 Å². The minimum Gasteiger partial charge on any atom is -0.507 e. The Morgan fingerprint density at radius 1 is 1.31 bits per heavy atom. The number of rotatable bonds is 2. The molecule has 0 saturated carbocycles.